The van der Waals surface area contributed by atoms with Crippen molar-refractivity contribution in [2.75, 3.05) is 0 Å². The maximum Gasteiger partial charge on any atom is 0.194 e. The summed E-state index contributed by atoms with van der Waals surface area (Å²) in [6.45, 7) is 2.89. The Bertz CT molecular complexity index is 352. The smallest absolute Gasteiger partial charge is 0.194 e. The second-order valence-electron chi connectivity index (χ2n) is 3.35. The summed E-state index contributed by atoms with van der Waals surface area (Å²) in [6.07, 6.45) is 0. The molecule has 2 N–H and O–H groups in total. The number of nitrogens with two attached hydrogens (primary N) is 1. The van der Waals surface area contributed by atoms with E-state index in [1.54, 1.807) is 0 Å². The maximum atomic E-state index is 13.2. The van der Waals surface area contributed by atoms with Crippen molar-refractivity contribution in [2.45, 2.75) is 19.4 Å². The molecule has 1 aromatic rings. The minimum absolute atomic E-state index is 0.126. The standard InChI is InChI=1S/C9H10F3NO/c1-9(2,14-13)5-3-4-6(10)8(12)7(5)11/h3-4H,13H2,1-2H3. The lowest BCUT2D eigenvalue weighted by Gasteiger charge is -2.22. The van der Waals surface area contributed by atoms with E-state index < -0.39 is 23.1 Å². The normalized spacial score (nSPS) is 11.9. The van der Waals surface area contributed by atoms with Crippen LogP contribution in [-0.4, -0.2) is 0 Å². The van der Waals surface area contributed by atoms with Crippen LogP contribution in [0.3, 0.4) is 0 Å². The molecule has 0 aliphatic rings. The molecular formula is C9H10F3NO. The molecule has 5 heteroatoms. The van der Waals surface area contributed by atoms with Crippen molar-refractivity contribution in [1.29, 1.82) is 0 Å². The van der Waals surface area contributed by atoms with E-state index in [-0.39, 0.29) is 5.56 Å². The van der Waals surface area contributed by atoms with Crippen LogP contribution < -0.4 is 5.90 Å². The number of benzene rings is 1. The third kappa shape index (κ3) is 1.73. The van der Waals surface area contributed by atoms with E-state index in [0.29, 0.717) is 0 Å². The monoisotopic (exact) mass is 205 g/mol. The van der Waals surface area contributed by atoms with Gasteiger partial charge >= 0.3 is 0 Å². The Labute approximate surface area is 79.4 Å². The Hall–Kier alpha value is -1.07. The van der Waals surface area contributed by atoms with Crippen LogP contribution in [0.4, 0.5) is 13.2 Å². The molecule has 0 fully saturated rings. The van der Waals surface area contributed by atoms with Crippen LogP contribution in [0.2, 0.25) is 0 Å². The topological polar surface area (TPSA) is 35.2 Å². The lowest BCUT2D eigenvalue weighted by Crippen LogP contribution is -2.27. The first kappa shape index (κ1) is 11.0. The molecule has 0 aromatic heterocycles. The molecule has 0 bridgehead atoms. The maximum absolute atomic E-state index is 13.2. The van der Waals surface area contributed by atoms with Crippen molar-refractivity contribution in [3.63, 3.8) is 0 Å². The highest BCUT2D eigenvalue weighted by Gasteiger charge is 2.27. The van der Waals surface area contributed by atoms with E-state index in [1.165, 1.54) is 13.8 Å². The fourth-order valence-electron chi connectivity index (χ4n) is 1.05. The van der Waals surface area contributed by atoms with Crippen LogP contribution in [0.5, 0.6) is 0 Å². The molecule has 0 spiro atoms. The molecule has 0 aliphatic heterocycles. The Morgan fingerprint density at radius 1 is 1.14 bits per heavy atom. The number of rotatable bonds is 2. The van der Waals surface area contributed by atoms with E-state index in [1.807, 2.05) is 0 Å². The molecule has 0 unspecified atom stereocenters. The SMILES string of the molecule is CC(C)(ON)c1ccc(F)c(F)c1F. The highest BCUT2D eigenvalue weighted by molar-refractivity contribution is 5.25. The summed E-state index contributed by atoms with van der Waals surface area (Å²) in [5.74, 6) is 0.877. The Morgan fingerprint density at radius 3 is 2.21 bits per heavy atom. The van der Waals surface area contributed by atoms with Crippen LogP contribution in [0.15, 0.2) is 12.1 Å². The summed E-state index contributed by atoms with van der Waals surface area (Å²) in [5, 5.41) is 0. The number of hydrogen-bond donors (Lipinski definition) is 1. The summed E-state index contributed by atoms with van der Waals surface area (Å²) in [4.78, 5) is 4.47. The molecule has 0 saturated carbocycles. The molecule has 78 valence electrons. The van der Waals surface area contributed by atoms with Crippen molar-refractivity contribution in [2.24, 2.45) is 5.90 Å². The molecule has 0 saturated heterocycles. The van der Waals surface area contributed by atoms with E-state index in [0.717, 1.165) is 12.1 Å². The van der Waals surface area contributed by atoms with Crippen molar-refractivity contribution < 1.29 is 18.0 Å². The number of hydrogen-bond acceptors (Lipinski definition) is 2. The first-order valence-corrected chi connectivity index (χ1v) is 3.92. The zero-order chi connectivity index (χ0) is 10.9. The first-order chi connectivity index (χ1) is 6.40. The van der Waals surface area contributed by atoms with Crippen molar-refractivity contribution in [3.05, 3.63) is 35.1 Å². The lowest BCUT2D eigenvalue weighted by atomic mass is 9.97. The van der Waals surface area contributed by atoms with Gasteiger partial charge in [0.25, 0.3) is 0 Å². The van der Waals surface area contributed by atoms with Crippen LogP contribution in [0, 0.1) is 17.5 Å². The van der Waals surface area contributed by atoms with Gasteiger partial charge in [-0.25, -0.2) is 19.1 Å². The molecule has 0 heterocycles. The zero-order valence-corrected chi connectivity index (χ0v) is 7.77. The van der Waals surface area contributed by atoms with Gasteiger partial charge in [0.15, 0.2) is 17.5 Å². The Kier molecular flexibility index (Phi) is 2.82. The minimum Gasteiger partial charge on any atom is -0.294 e. The summed E-state index contributed by atoms with van der Waals surface area (Å²) in [7, 11) is 0. The molecular weight excluding hydrogens is 195 g/mol. The fourth-order valence-corrected chi connectivity index (χ4v) is 1.05. The van der Waals surface area contributed by atoms with Gasteiger partial charge in [-0.2, -0.15) is 0 Å². The van der Waals surface area contributed by atoms with Gasteiger partial charge in [-0.15, -0.1) is 0 Å². The van der Waals surface area contributed by atoms with Crippen LogP contribution in [0.1, 0.15) is 19.4 Å². The van der Waals surface area contributed by atoms with Crippen LogP contribution >= 0.6 is 0 Å². The van der Waals surface area contributed by atoms with Gasteiger partial charge in [0, 0.05) is 5.56 Å². The molecule has 14 heavy (non-hydrogen) atoms. The molecule has 0 radical (unpaired) electrons. The highest BCUT2D eigenvalue weighted by atomic mass is 19.2. The fraction of sp³-hybridized carbons (Fsp3) is 0.333. The van der Waals surface area contributed by atoms with Gasteiger partial charge in [0.05, 0.1) is 0 Å². The van der Waals surface area contributed by atoms with Crippen LogP contribution in [0.25, 0.3) is 0 Å². The second-order valence-corrected chi connectivity index (χ2v) is 3.35. The van der Waals surface area contributed by atoms with Crippen LogP contribution in [-0.2, 0) is 10.4 Å². The van der Waals surface area contributed by atoms with Gasteiger partial charge in [0.2, 0.25) is 0 Å². The minimum atomic E-state index is -1.52. The van der Waals surface area contributed by atoms with Gasteiger partial charge < -0.3 is 0 Å². The zero-order valence-electron chi connectivity index (χ0n) is 7.77. The molecule has 1 aromatic carbocycles. The quantitative estimate of drug-likeness (QED) is 0.593. The third-order valence-electron chi connectivity index (χ3n) is 1.98. The summed E-state index contributed by atoms with van der Waals surface area (Å²) >= 11 is 0. The first-order valence-electron chi connectivity index (χ1n) is 3.92. The second kappa shape index (κ2) is 3.59. The average molecular weight is 205 g/mol. The van der Waals surface area contributed by atoms with Crippen molar-refractivity contribution in [3.8, 4) is 0 Å². The van der Waals surface area contributed by atoms with Crippen molar-refractivity contribution >= 4 is 0 Å². The summed E-state index contributed by atoms with van der Waals surface area (Å²) in [6, 6.07) is 1.93. The van der Waals surface area contributed by atoms with Gasteiger partial charge in [0.1, 0.15) is 5.60 Å². The predicted molar refractivity (Wildman–Crippen MR) is 44.6 cm³/mol. The highest BCUT2D eigenvalue weighted by Crippen LogP contribution is 2.27. The molecule has 2 nitrogen and oxygen atoms in total. The van der Waals surface area contributed by atoms with Gasteiger partial charge in [-0.05, 0) is 19.9 Å². The molecule has 0 aliphatic carbocycles. The lowest BCUT2D eigenvalue weighted by molar-refractivity contribution is -0.0265. The van der Waals surface area contributed by atoms with Gasteiger partial charge in [-0.1, -0.05) is 6.07 Å². The predicted octanol–water partition coefficient (Wildman–Crippen LogP) is 2.23. The van der Waals surface area contributed by atoms with E-state index in [2.05, 4.69) is 4.84 Å². The van der Waals surface area contributed by atoms with E-state index >= 15 is 0 Å². The largest absolute Gasteiger partial charge is 0.294 e. The summed E-state index contributed by atoms with van der Waals surface area (Å²) in [5.41, 5.74) is -1.32. The Balaban J connectivity index is 3.31. The van der Waals surface area contributed by atoms with E-state index in [4.69, 9.17) is 5.90 Å². The van der Waals surface area contributed by atoms with E-state index in [9.17, 15) is 13.2 Å². The third-order valence-corrected chi connectivity index (χ3v) is 1.98. The average Bonchev–Trinajstić information content (AvgIpc) is 2.14. The van der Waals surface area contributed by atoms with Gasteiger partial charge in [-0.3, -0.25) is 4.84 Å². The Morgan fingerprint density at radius 2 is 1.71 bits per heavy atom. The summed E-state index contributed by atoms with van der Waals surface area (Å²) < 4.78 is 38.6. The molecule has 0 atom stereocenters. The molecule has 0 amide bonds. The molecule has 1 rings (SSSR count). The van der Waals surface area contributed by atoms with Crippen molar-refractivity contribution in [1.82, 2.24) is 0 Å². The number of halogens is 3.